The maximum Gasteiger partial charge on any atom is 0.337 e. The summed E-state index contributed by atoms with van der Waals surface area (Å²) in [4.78, 5) is 31.0. The number of esters is 1. The lowest BCUT2D eigenvalue weighted by Crippen LogP contribution is -2.54. The molecule has 0 aliphatic carbocycles. The van der Waals surface area contributed by atoms with E-state index in [1.54, 1.807) is 56.3 Å². The van der Waals surface area contributed by atoms with Gasteiger partial charge in [-0.2, -0.15) is 5.26 Å². The first-order valence-electron chi connectivity index (χ1n) is 8.29. The number of hydrogen-bond acceptors (Lipinski definition) is 6. The molecule has 0 aliphatic heterocycles. The van der Waals surface area contributed by atoms with Crippen LogP contribution < -0.4 is 4.74 Å². The molecule has 7 nitrogen and oxygen atoms in total. The first kappa shape index (κ1) is 19.9. The minimum absolute atomic E-state index is 0.298. The molecule has 2 rings (SSSR count). The molecule has 1 aromatic carbocycles. The van der Waals surface area contributed by atoms with Crippen LogP contribution in [0.15, 0.2) is 48.7 Å². The molecule has 0 fully saturated rings. The number of para-hydroxylation sites is 1. The number of nitriles is 1. The molecule has 0 spiro atoms. The molecule has 7 heteroatoms. The van der Waals surface area contributed by atoms with Gasteiger partial charge in [0.2, 0.25) is 0 Å². The van der Waals surface area contributed by atoms with Gasteiger partial charge in [0.25, 0.3) is 5.91 Å². The summed E-state index contributed by atoms with van der Waals surface area (Å²) in [7, 11) is 2.74. The van der Waals surface area contributed by atoms with Gasteiger partial charge in [-0.05, 0) is 38.1 Å². The fraction of sp³-hybridized carbons (Fsp3) is 0.300. The Morgan fingerprint density at radius 2 is 1.89 bits per heavy atom. The van der Waals surface area contributed by atoms with Crippen molar-refractivity contribution in [3.05, 3.63) is 59.9 Å². The van der Waals surface area contributed by atoms with Crippen LogP contribution in [0.25, 0.3) is 0 Å². The second kappa shape index (κ2) is 8.32. The van der Waals surface area contributed by atoms with E-state index in [0.717, 1.165) is 0 Å². The number of likely N-dealkylation sites (N-methyl/N-ethyl adjacent to an activating group) is 1. The van der Waals surface area contributed by atoms with Gasteiger partial charge >= 0.3 is 5.97 Å². The fourth-order valence-electron chi connectivity index (χ4n) is 2.66. The highest BCUT2D eigenvalue weighted by molar-refractivity contribution is 5.90. The van der Waals surface area contributed by atoms with Crippen LogP contribution in [0.3, 0.4) is 0 Å². The van der Waals surface area contributed by atoms with Crippen molar-refractivity contribution in [1.29, 1.82) is 5.26 Å². The lowest BCUT2D eigenvalue weighted by atomic mass is 9.94. The third-order valence-electron chi connectivity index (χ3n) is 4.41. The summed E-state index contributed by atoms with van der Waals surface area (Å²) in [5.74, 6) is -0.783. The number of methoxy groups -OCH3 is 1. The number of hydrogen-bond donors (Lipinski definition) is 0. The SMILES string of the molecule is COC(=O)C(C)(c1ccccn1)N(C)C(=O)C(C)Oc1ccccc1C#N. The van der Waals surface area contributed by atoms with E-state index in [9.17, 15) is 9.59 Å². The minimum Gasteiger partial charge on any atom is -0.480 e. The van der Waals surface area contributed by atoms with Crippen LogP contribution in [0.2, 0.25) is 0 Å². The Morgan fingerprint density at radius 3 is 2.48 bits per heavy atom. The molecule has 1 aromatic heterocycles. The zero-order valence-corrected chi connectivity index (χ0v) is 15.7. The molecule has 1 heterocycles. The van der Waals surface area contributed by atoms with Gasteiger partial charge in [0.05, 0.1) is 18.4 Å². The standard InChI is InChI=1S/C20H21N3O4/c1-14(27-16-10-6-5-9-15(16)13-21)18(24)23(3)20(2,19(25)26-4)17-11-7-8-12-22-17/h5-12,14H,1-4H3. The third-order valence-corrected chi connectivity index (χ3v) is 4.41. The second-order valence-electron chi connectivity index (χ2n) is 6.04. The summed E-state index contributed by atoms with van der Waals surface area (Å²) in [6.45, 7) is 3.12. The molecular formula is C20H21N3O4. The summed E-state index contributed by atoms with van der Waals surface area (Å²) in [6, 6.07) is 13.7. The van der Waals surface area contributed by atoms with Crippen molar-refractivity contribution in [2.75, 3.05) is 14.2 Å². The van der Waals surface area contributed by atoms with E-state index >= 15 is 0 Å². The number of rotatable bonds is 6. The minimum atomic E-state index is -1.43. The first-order chi connectivity index (χ1) is 12.9. The Balaban J connectivity index is 2.32. The van der Waals surface area contributed by atoms with Gasteiger partial charge in [-0.3, -0.25) is 9.78 Å². The topological polar surface area (TPSA) is 92.5 Å². The number of carbonyl (C=O) groups is 2. The van der Waals surface area contributed by atoms with Crippen molar-refractivity contribution in [2.45, 2.75) is 25.5 Å². The number of aromatic nitrogens is 1. The summed E-state index contributed by atoms with van der Waals surface area (Å²) in [5.41, 5.74) is -0.739. The molecular weight excluding hydrogens is 346 g/mol. The quantitative estimate of drug-likeness (QED) is 0.727. The van der Waals surface area contributed by atoms with E-state index in [-0.39, 0.29) is 0 Å². The molecule has 2 atom stereocenters. The monoisotopic (exact) mass is 367 g/mol. The molecule has 1 amide bonds. The van der Waals surface area contributed by atoms with Crippen molar-refractivity contribution in [3.63, 3.8) is 0 Å². The molecule has 0 saturated carbocycles. The molecule has 0 N–H and O–H groups in total. The maximum absolute atomic E-state index is 13.0. The van der Waals surface area contributed by atoms with E-state index in [0.29, 0.717) is 17.0 Å². The highest BCUT2D eigenvalue weighted by atomic mass is 16.5. The number of benzene rings is 1. The zero-order valence-electron chi connectivity index (χ0n) is 15.7. The molecule has 27 heavy (non-hydrogen) atoms. The first-order valence-corrected chi connectivity index (χ1v) is 8.29. The van der Waals surface area contributed by atoms with Crippen molar-refractivity contribution >= 4 is 11.9 Å². The van der Waals surface area contributed by atoms with Crippen LogP contribution in [0, 0.1) is 11.3 Å². The predicted octanol–water partition coefficient (Wildman–Crippen LogP) is 2.27. The van der Waals surface area contributed by atoms with Gasteiger partial charge in [-0.1, -0.05) is 18.2 Å². The largest absolute Gasteiger partial charge is 0.480 e. The maximum atomic E-state index is 13.0. The molecule has 0 radical (unpaired) electrons. The third kappa shape index (κ3) is 3.90. The fourth-order valence-corrected chi connectivity index (χ4v) is 2.66. The average Bonchev–Trinajstić information content (AvgIpc) is 2.72. The summed E-state index contributed by atoms with van der Waals surface area (Å²) < 4.78 is 10.6. The van der Waals surface area contributed by atoms with E-state index in [4.69, 9.17) is 14.7 Å². The van der Waals surface area contributed by atoms with E-state index in [2.05, 4.69) is 4.98 Å². The van der Waals surface area contributed by atoms with Crippen molar-refractivity contribution in [3.8, 4) is 11.8 Å². The number of pyridine rings is 1. The van der Waals surface area contributed by atoms with Crippen LogP contribution >= 0.6 is 0 Å². The van der Waals surface area contributed by atoms with Crippen molar-refractivity contribution < 1.29 is 19.1 Å². The van der Waals surface area contributed by atoms with Gasteiger partial charge in [-0.25, -0.2) is 4.79 Å². The van der Waals surface area contributed by atoms with Crippen LogP contribution in [0.5, 0.6) is 5.75 Å². The van der Waals surface area contributed by atoms with Gasteiger partial charge < -0.3 is 14.4 Å². The van der Waals surface area contributed by atoms with E-state index in [1.807, 2.05) is 6.07 Å². The average molecular weight is 367 g/mol. The molecule has 0 bridgehead atoms. The van der Waals surface area contributed by atoms with E-state index < -0.39 is 23.5 Å². The number of amides is 1. The number of ether oxygens (including phenoxy) is 2. The second-order valence-corrected chi connectivity index (χ2v) is 6.04. The Morgan fingerprint density at radius 1 is 1.22 bits per heavy atom. The molecule has 2 aromatic rings. The van der Waals surface area contributed by atoms with Crippen LogP contribution in [0.1, 0.15) is 25.1 Å². The lowest BCUT2D eigenvalue weighted by molar-refractivity contribution is -0.163. The molecule has 0 aliphatic rings. The van der Waals surface area contributed by atoms with Crippen molar-refractivity contribution in [1.82, 2.24) is 9.88 Å². The molecule has 0 saturated heterocycles. The Labute approximate surface area is 158 Å². The lowest BCUT2D eigenvalue weighted by Gasteiger charge is -2.36. The molecule has 2 unspecified atom stereocenters. The van der Waals surface area contributed by atoms with E-state index in [1.165, 1.54) is 25.3 Å². The Kier molecular flexibility index (Phi) is 6.14. The van der Waals surface area contributed by atoms with Crippen molar-refractivity contribution in [2.24, 2.45) is 0 Å². The Bertz CT molecular complexity index is 863. The van der Waals surface area contributed by atoms with Gasteiger partial charge in [0, 0.05) is 13.2 Å². The Hall–Kier alpha value is -3.40. The zero-order chi connectivity index (χ0) is 20.0. The predicted molar refractivity (Wildman–Crippen MR) is 97.6 cm³/mol. The number of nitrogens with zero attached hydrogens (tertiary/aromatic N) is 3. The summed E-state index contributed by atoms with van der Waals surface area (Å²) >= 11 is 0. The molecule has 140 valence electrons. The van der Waals surface area contributed by atoms with Crippen LogP contribution in [-0.4, -0.2) is 42.0 Å². The van der Waals surface area contributed by atoms with Gasteiger partial charge in [0.15, 0.2) is 11.6 Å². The summed E-state index contributed by atoms with van der Waals surface area (Å²) in [5, 5.41) is 9.17. The highest BCUT2D eigenvalue weighted by Gasteiger charge is 2.45. The summed E-state index contributed by atoms with van der Waals surface area (Å²) in [6.07, 6.45) is 0.606. The van der Waals surface area contributed by atoms with Crippen LogP contribution in [0.4, 0.5) is 0 Å². The highest BCUT2D eigenvalue weighted by Crippen LogP contribution is 2.28. The normalized spacial score (nSPS) is 13.6. The van der Waals surface area contributed by atoms with Gasteiger partial charge in [-0.15, -0.1) is 0 Å². The van der Waals surface area contributed by atoms with Gasteiger partial charge in [0.1, 0.15) is 11.8 Å². The number of carbonyl (C=O) groups excluding carboxylic acids is 2. The smallest absolute Gasteiger partial charge is 0.337 e. The van der Waals surface area contributed by atoms with Crippen LogP contribution in [-0.2, 0) is 19.9 Å².